The first kappa shape index (κ1) is 22.8. The molecule has 0 radical (unpaired) electrons. The average molecular weight is 454 g/mol. The fourth-order valence-electron chi connectivity index (χ4n) is 5.29. The van der Waals surface area contributed by atoms with Gasteiger partial charge in [-0.1, -0.05) is 48.5 Å². The zero-order chi connectivity index (χ0) is 23.2. The summed E-state index contributed by atoms with van der Waals surface area (Å²) in [5, 5.41) is 0. The van der Waals surface area contributed by atoms with Crippen LogP contribution in [0, 0.1) is 0 Å². The first-order valence-corrected chi connectivity index (χ1v) is 12.7. The van der Waals surface area contributed by atoms with Gasteiger partial charge in [0.2, 0.25) is 0 Å². The maximum Gasteiger partial charge on any atom is 0.124 e. The molecular formula is C29H35N5. The van der Waals surface area contributed by atoms with Crippen molar-refractivity contribution in [2.24, 2.45) is 5.73 Å². The van der Waals surface area contributed by atoms with E-state index in [1.165, 1.54) is 28.8 Å². The zero-order valence-electron chi connectivity index (χ0n) is 19.9. The summed E-state index contributed by atoms with van der Waals surface area (Å²) >= 11 is 0. The van der Waals surface area contributed by atoms with Crippen LogP contribution >= 0.6 is 0 Å². The lowest BCUT2D eigenvalue weighted by Gasteiger charge is -2.35. The molecule has 176 valence electrons. The lowest BCUT2D eigenvalue weighted by Crippen LogP contribution is -2.34. The van der Waals surface area contributed by atoms with E-state index in [4.69, 9.17) is 15.7 Å². The molecule has 1 unspecified atom stereocenters. The number of fused-ring (bicyclic) bond motifs is 2. The van der Waals surface area contributed by atoms with Gasteiger partial charge in [0.1, 0.15) is 5.82 Å². The third-order valence-electron chi connectivity index (χ3n) is 7.05. The van der Waals surface area contributed by atoms with Gasteiger partial charge in [0.15, 0.2) is 0 Å². The minimum atomic E-state index is 0.325. The minimum absolute atomic E-state index is 0.325. The summed E-state index contributed by atoms with van der Waals surface area (Å²) in [6.45, 7) is 3.50. The van der Waals surface area contributed by atoms with Crippen molar-refractivity contribution in [3.63, 3.8) is 0 Å². The highest BCUT2D eigenvalue weighted by Crippen LogP contribution is 2.34. The van der Waals surface area contributed by atoms with Gasteiger partial charge in [-0.25, -0.2) is 4.98 Å². The second-order valence-corrected chi connectivity index (χ2v) is 9.33. The van der Waals surface area contributed by atoms with Crippen LogP contribution < -0.4 is 5.73 Å². The molecule has 2 aromatic heterocycles. The van der Waals surface area contributed by atoms with E-state index < -0.39 is 0 Å². The van der Waals surface area contributed by atoms with E-state index in [1.807, 2.05) is 6.20 Å². The topological polar surface area (TPSA) is 60.0 Å². The van der Waals surface area contributed by atoms with E-state index in [0.29, 0.717) is 6.04 Å². The zero-order valence-corrected chi connectivity index (χ0v) is 19.9. The van der Waals surface area contributed by atoms with Crippen LogP contribution in [0.2, 0.25) is 0 Å². The van der Waals surface area contributed by atoms with Crippen LogP contribution in [0.3, 0.4) is 0 Å². The van der Waals surface area contributed by atoms with E-state index in [0.717, 1.165) is 69.6 Å². The molecule has 2 N–H and O–H groups in total. The number of aryl methyl sites for hydroxylation is 2. The van der Waals surface area contributed by atoms with Crippen molar-refractivity contribution in [1.29, 1.82) is 0 Å². The second kappa shape index (κ2) is 10.9. The Morgan fingerprint density at radius 3 is 2.71 bits per heavy atom. The van der Waals surface area contributed by atoms with Gasteiger partial charge < -0.3 is 10.3 Å². The Bertz CT molecular complexity index is 1200. The van der Waals surface area contributed by atoms with Crippen molar-refractivity contribution in [2.75, 3.05) is 13.1 Å². The molecule has 1 atom stereocenters. The number of nitrogens with two attached hydrogens (primary N) is 1. The van der Waals surface area contributed by atoms with E-state index in [-0.39, 0.29) is 0 Å². The number of nitrogens with zero attached hydrogens (tertiary/aromatic N) is 4. The average Bonchev–Trinajstić information content (AvgIpc) is 3.24. The van der Waals surface area contributed by atoms with Crippen molar-refractivity contribution >= 4 is 11.0 Å². The summed E-state index contributed by atoms with van der Waals surface area (Å²) in [7, 11) is 0. The van der Waals surface area contributed by atoms with Crippen LogP contribution in [0.1, 0.15) is 54.4 Å². The Kier molecular flexibility index (Phi) is 7.32. The summed E-state index contributed by atoms with van der Waals surface area (Å²) in [4.78, 5) is 12.6. The quantitative estimate of drug-likeness (QED) is 0.331. The Hall–Kier alpha value is -3.02. The fraction of sp³-hybridized carbons (Fsp3) is 0.379. The predicted octanol–water partition coefficient (Wildman–Crippen LogP) is 5.29. The molecule has 1 aliphatic rings. The van der Waals surface area contributed by atoms with Gasteiger partial charge >= 0.3 is 0 Å². The van der Waals surface area contributed by atoms with Crippen LogP contribution in [0.4, 0.5) is 0 Å². The Morgan fingerprint density at radius 1 is 0.971 bits per heavy atom. The molecule has 5 nitrogen and oxygen atoms in total. The summed E-state index contributed by atoms with van der Waals surface area (Å²) < 4.78 is 2.42. The predicted molar refractivity (Wildman–Crippen MR) is 138 cm³/mol. The number of aromatic nitrogens is 3. The molecule has 0 aliphatic heterocycles. The molecule has 5 rings (SSSR count). The molecule has 4 aromatic rings. The molecule has 0 saturated heterocycles. The van der Waals surface area contributed by atoms with E-state index >= 15 is 0 Å². The van der Waals surface area contributed by atoms with Gasteiger partial charge in [0, 0.05) is 19.3 Å². The smallest absolute Gasteiger partial charge is 0.124 e. The molecule has 1 aliphatic carbocycles. The molecule has 2 aromatic carbocycles. The van der Waals surface area contributed by atoms with Gasteiger partial charge in [-0.2, -0.15) is 0 Å². The first-order valence-electron chi connectivity index (χ1n) is 12.7. The van der Waals surface area contributed by atoms with Crippen molar-refractivity contribution in [2.45, 2.75) is 57.7 Å². The van der Waals surface area contributed by atoms with Crippen LogP contribution in [-0.2, 0) is 25.9 Å². The number of para-hydroxylation sites is 2. The van der Waals surface area contributed by atoms with Crippen LogP contribution in [0.5, 0.6) is 0 Å². The van der Waals surface area contributed by atoms with Gasteiger partial charge in [-0.15, -0.1) is 0 Å². The number of benzene rings is 2. The van der Waals surface area contributed by atoms with Gasteiger partial charge in [-0.3, -0.25) is 9.88 Å². The maximum atomic E-state index is 5.80. The van der Waals surface area contributed by atoms with E-state index in [2.05, 4.69) is 76.2 Å². The molecule has 0 amide bonds. The monoisotopic (exact) mass is 453 g/mol. The summed E-state index contributed by atoms with van der Waals surface area (Å²) in [6, 6.07) is 24.0. The van der Waals surface area contributed by atoms with Crippen molar-refractivity contribution in [3.05, 3.63) is 95.6 Å². The van der Waals surface area contributed by atoms with Gasteiger partial charge in [0.05, 0.1) is 29.3 Å². The SMILES string of the molecule is NCCCCn1c(CN(CCc2ccccc2)C2CCCc3cccnc32)nc2ccccc21. The molecule has 0 bridgehead atoms. The maximum absolute atomic E-state index is 5.80. The fourth-order valence-corrected chi connectivity index (χ4v) is 5.29. The normalized spacial score (nSPS) is 15.6. The number of unbranched alkanes of at least 4 members (excludes halogenated alkanes) is 1. The summed E-state index contributed by atoms with van der Waals surface area (Å²) in [5.41, 5.74) is 12.1. The van der Waals surface area contributed by atoms with E-state index in [9.17, 15) is 0 Å². The molecule has 5 heteroatoms. The highest BCUT2D eigenvalue weighted by molar-refractivity contribution is 5.75. The van der Waals surface area contributed by atoms with Crippen LogP contribution in [0.15, 0.2) is 72.9 Å². The number of rotatable bonds is 10. The lowest BCUT2D eigenvalue weighted by atomic mass is 9.90. The molecule has 34 heavy (non-hydrogen) atoms. The highest BCUT2D eigenvalue weighted by Gasteiger charge is 2.28. The minimum Gasteiger partial charge on any atom is -0.330 e. The molecule has 0 saturated carbocycles. The second-order valence-electron chi connectivity index (χ2n) is 9.33. The van der Waals surface area contributed by atoms with Crippen molar-refractivity contribution in [1.82, 2.24) is 19.4 Å². The number of hydrogen-bond acceptors (Lipinski definition) is 4. The standard InChI is InChI=1S/C29H35N5/c30-18-6-7-20-34-26-15-5-4-14-25(26)32-28(34)22-33(21-17-23-10-2-1-3-11-23)27-16-8-12-24-13-9-19-31-29(24)27/h1-5,9-11,13-15,19,27H,6-8,12,16-18,20-22,30H2. The molecular weight excluding hydrogens is 418 g/mol. The molecule has 0 fully saturated rings. The lowest BCUT2D eigenvalue weighted by molar-refractivity contribution is 0.162. The number of hydrogen-bond donors (Lipinski definition) is 1. The van der Waals surface area contributed by atoms with E-state index in [1.54, 1.807) is 0 Å². The van der Waals surface area contributed by atoms with Crippen LogP contribution in [-0.4, -0.2) is 32.5 Å². The first-order chi connectivity index (χ1) is 16.8. The van der Waals surface area contributed by atoms with Gasteiger partial charge in [0.25, 0.3) is 0 Å². The Balaban J connectivity index is 1.47. The summed E-state index contributed by atoms with van der Waals surface area (Å²) in [6.07, 6.45) is 8.56. The Labute approximate surface area is 202 Å². The largest absolute Gasteiger partial charge is 0.330 e. The third kappa shape index (κ3) is 5.06. The molecule has 0 spiro atoms. The molecule has 2 heterocycles. The highest BCUT2D eigenvalue weighted by atomic mass is 15.2. The Morgan fingerprint density at radius 2 is 1.82 bits per heavy atom. The number of pyridine rings is 1. The third-order valence-corrected chi connectivity index (χ3v) is 7.05. The van der Waals surface area contributed by atoms with Crippen molar-refractivity contribution < 1.29 is 0 Å². The number of imidazole rings is 1. The van der Waals surface area contributed by atoms with Crippen molar-refractivity contribution in [3.8, 4) is 0 Å². The van der Waals surface area contributed by atoms with Gasteiger partial charge in [-0.05, 0) is 74.4 Å². The summed E-state index contributed by atoms with van der Waals surface area (Å²) in [5.74, 6) is 1.15. The van der Waals surface area contributed by atoms with Crippen LogP contribution in [0.25, 0.3) is 11.0 Å².